The lowest BCUT2D eigenvalue weighted by molar-refractivity contribution is 0.205. The molecule has 0 unspecified atom stereocenters. The highest BCUT2D eigenvalue weighted by Crippen LogP contribution is 2.29. The molecule has 4 aromatic rings. The highest BCUT2D eigenvalue weighted by molar-refractivity contribution is 5.86. The van der Waals surface area contributed by atoms with Crippen LogP contribution < -0.4 is 10.1 Å². The first kappa shape index (κ1) is 23.3. The number of fused-ring (bicyclic) bond motifs is 1. The molecule has 1 aliphatic heterocycles. The average Bonchev–Trinajstić information content (AvgIpc) is 2.88. The van der Waals surface area contributed by atoms with Crippen LogP contribution in [-0.2, 0) is 0 Å². The van der Waals surface area contributed by atoms with Gasteiger partial charge in [0, 0.05) is 23.8 Å². The fourth-order valence-electron chi connectivity index (χ4n) is 4.94. The largest absolute Gasteiger partial charge is 0.494 e. The van der Waals surface area contributed by atoms with Gasteiger partial charge in [0.2, 0.25) is 5.95 Å². The number of anilines is 2. The summed E-state index contributed by atoms with van der Waals surface area (Å²) in [7, 11) is 0. The van der Waals surface area contributed by atoms with Crippen LogP contribution >= 0.6 is 0 Å². The number of nitrogens with one attached hydrogen (secondary N) is 1. The van der Waals surface area contributed by atoms with Crippen LogP contribution in [0.1, 0.15) is 36.8 Å². The Morgan fingerprint density at radius 3 is 2.46 bits per heavy atom. The summed E-state index contributed by atoms with van der Waals surface area (Å²) >= 11 is 0. The number of benzene rings is 3. The summed E-state index contributed by atoms with van der Waals surface area (Å²) in [6, 6.07) is 20.8. The van der Waals surface area contributed by atoms with E-state index < -0.39 is 0 Å². The van der Waals surface area contributed by atoms with Crippen LogP contribution in [0, 0.1) is 13.8 Å². The van der Waals surface area contributed by atoms with Gasteiger partial charge in [0.1, 0.15) is 5.75 Å². The summed E-state index contributed by atoms with van der Waals surface area (Å²) in [6.07, 6.45) is 7.01. The third kappa shape index (κ3) is 5.80. The van der Waals surface area contributed by atoms with E-state index in [0.29, 0.717) is 5.95 Å². The first-order chi connectivity index (χ1) is 17.2. The Morgan fingerprint density at radius 1 is 0.914 bits per heavy atom. The van der Waals surface area contributed by atoms with Crippen LogP contribution in [0.2, 0.25) is 0 Å². The maximum Gasteiger partial charge on any atom is 0.227 e. The van der Waals surface area contributed by atoms with Gasteiger partial charge in [-0.05, 0) is 105 Å². The van der Waals surface area contributed by atoms with Crippen molar-refractivity contribution >= 4 is 22.5 Å². The first-order valence-electron chi connectivity index (χ1n) is 12.7. The number of hydrogen-bond acceptors (Lipinski definition) is 5. The number of nitrogens with zero attached hydrogens (tertiary/aromatic N) is 3. The zero-order valence-corrected chi connectivity index (χ0v) is 20.8. The Hall–Kier alpha value is -3.44. The standard InChI is InChI=1S/C30H34N4O/c1-22-8-6-9-23(2)29(22)24-10-15-28-25(20-24)21-31-30(33-28)32-26-11-13-27(14-12-26)35-19-7-18-34-16-4-3-5-17-34/h6,8-15,20-21H,3-5,7,16-19H2,1-2H3,(H,31,32,33). The lowest BCUT2D eigenvalue weighted by Gasteiger charge is -2.26. The lowest BCUT2D eigenvalue weighted by atomic mass is 9.95. The topological polar surface area (TPSA) is 50.3 Å². The molecule has 0 bridgehead atoms. The first-order valence-corrected chi connectivity index (χ1v) is 12.7. The Morgan fingerprint density at radius 2 is 1.69 bits per heavy atom. The summed E-state index contributed by atoms with van der Waals surface area (Å²) < 4.78 is 5.94. The minimum Gasteiger partial charge on any atom is -0.494 e. The van der Waals surface area contributed by atoms with Gasteiger partial charge in [-0.2, -0.15) is 0 Å². The van der Waals surface area contributed by atoms with Crippen LogP contribution in [-0.4, -0.2) is 41.1 Å². The molecular formula is C30H34N4O. The van der Waals surface area contributed by atoms with Crippen molar-refractivity contribution in [2.24, 2.45) is 0 Å². The van der Waals surface area contributed by atoms with E-state index in [1.165, 1.54) is 54.6 Å². The molecule has 2 heterocycles. The highest BCUT2D eigenvalue weighted by atomic mass is 16.5. The van der Waals surface area contributed by atoms with Gasteiger partial charge in [0.25, 0.3) is 0 Å². The van der Waals surface area contributed by atoms with Crippen LogP contribution in [0.15, 0.2) is 66.9 Å². The smallest absolute Gasteiger partial charge is 0.227 e. The molecule has 5 rings (SSSR count). The molecule has 0 radical (unpaired) electrons. The number of piperidine rings is 1. The normalized spacial score (nSPS) is 14.2. The SMILES string of the molecule is Cc1cccc(C)c1-c1ccc2nc(Nc3ccc(OCCCN4CCCCC4)cc3)ncc2c1. The quantitative estimate of drug-likeness (QED) is 0.286. The zero-order chi connectivity index (χ0) is 24.0. The van der Waals surface area contributed by atoms with Crippen LogP contribution in [0.3, 0.4) is 0 Å². The van der Waals surface area contributed by atoms with Gasteiger partial charge in [-0.3, -0.25) is 0 Å². The lowest BCUT2D eigenvalue weighted by Crippen LogP contribution is -2.31. The molecule has 1 fully saturated rings. The van der Waals surface area contributed by atoms with Crippen molar-refractivity contribution in [1.29, 1.82) is 0 Å². The molecule has 35 heavy (non-hydrogen) atoms. The second-order valence-electron chi connectivity index (χ2n) is 9.49. The van der Waals surface area contributed by atoms with Gasteiger partial charge in [0.15, 0.2) is 0 Å². The van der Waals surface area contributed by atoms with Crippen molar-refractivity contribution < 1.29 is 4.74 Å². The maximum atomic E-state index is 5.94. The number of aromatic nitrogens is 2. The van der Waals surface area contributed by atoms with Gasteiger partial charge < -0.3 is 15.0 Å². The molecule has 0 atom stereocenters. The second kappa shape index (κ2) is 10.9. The van der Waals surface area contributed by atoms with E-state index in [-0.39, 0.29) is 0 Å². The van der Waals surface area contributed by atoms with Crippen molar-refractivity contribution in [3.63, 3.8) is 0 Å². The molecule has 1 N–H and O–H groups in total. The molecule has 0 aliphatic carbocycles. The van der Waals surface area contributed by atoms with E-state index >= 15 is 0 Å². The van der Waals surface area contributed by atoms with Crippen LogP contribution in [0.4, 0.5) is 11.6 Å². The third-order valence-electron chi connectivity index (χ3n) is 6.80. The van der Waals surface area contributed by atoms with Crippen molar-refractivity contribution in [2.75, 3.05) is 31.6 Å². The predicted molar refractivity (Wildman–Crippen MR) is 145 cm³/mol. The van der Waals surface area contributed by atoms with Crippen LogP contribution in [0.25, 0.3) is 22.0 Å². The monoisotopic (exact) mass is 466 g/mol. The highest BCUT2D eigenvalue weighted by Gasteiger charge is 2.10. The van der Waals surface area contributed by atoms with Crippen LogP contribution in [0.5, 0.6) is 5.75 Å². The van der Waals surface area contributed by atoms with Crippen molar-refractivity contribution in [3.05, 3.63) is 78.0 Å². The molecule has 0 saturated carbocycles. The molecule has 0 amide bonds. The average molecular weight is 467 g/mol. The number of likely N-dealkylation sites (tertiary alicyclic amines) is 1. The number of hydrogen-bond donors (Lipinski definition) is 1. The zero-order valence-electron chi connectivity index (χ0n) is 20.8. The molecule has 1 aliphatic rings. The third-order valence-corrected chi connectivity index (χ3v) is 6.80. The van der Waals surface area contributed by atoms with E-state index in [1.54, 1.807) is 0 Å². The molecule has 0 spiro atoms. The summed E-state index contributed by atoms with van der Waals surface area (Å²) in [5, 5.41) is 4.35. The molecular weight excluding hydrogens is 432 g/mol. The van der Waals surface area contributed by atoms with E-state index in [9.17, 15) is 0 Å². The fraction of sp³-hybridized carbons (Fsp3) is 0.333. The molecule has 5 heteroatoms. The van der Waals surface area contributed by atoms with Gasteiger partial charge in [-0.1, -0.05) is 30.7 Å². The van der Waals surface area contributed by atoms with E-state index in [0.717, 1.165) is 41.9 Å². The Labute approximate surface area is 208 Å². The Balaban J connectivity index is 1.19. The summed E-state index contributed by atoms with van der Waals surface area (Å²) in [6.45, 7) is 8.67. The summed E-state index contributed by atoms with van der Waals surface area (Å²) in [4.78, 5) is 11.8. The number of aryl methyl sites for hydroxylation is 2. The molecule has 1 saturated heterocycles. The molecule has 1 aromatic heterocycles. The van der Waals surface area contributed by atoms with E-state index in [4.69, 9.17) is 9.72 Å². The number of rotatable bonds is 8. The second-order valence-corrected chi connectivity index (χ2v) is 9.49. The summed E-state index contributed by atoms with van der Waals surface area (Å²) in [5.74, 6) is 1.49. The Bertz CT molecular complexity index is 1260. The molecule has 180 valence electrons. The number of ether oxygens (including phenoxy) is 1. The van der Waals surface area contributed by atoms with Gasteiger partial charge in [0.05, 0.1) is 12.1 Å². The Kier molecular flexibility index (Phi) is 7.24. The minimum atomic E-state index is 0.590. The fourth-order valence-corrected chi connectivity index (χ4v) is 4.94. The molecule has 3 aromatic carbocycles. The predicted octanol–water partition coefficient (Wildman–Crippen LogP) is 6.91. The summed E-state index contributed by atoms with van der Waals surface area (Å²) in [5.41, 5.74) is 6.90. The van der Waals surface area contributed by atoms with Gasteiger partial charge >= 0.3 is 0 Å². The van der Waals surface area contributed by atoms with Crippen molar-refractivity contribution in [3.8, 4) is 16.9 Å². The maximum absolute atomic E-state index is 5.94. The van der Waals surface area contributed by atoms with Gasteiger partial charge in [-0.15, -0.1) is 0 Å². The van der Waals surface area contributed by atoms with Crippen molar-refractivity contribution in [2.45, 2.75) is 39.5 Å². The van der Waals surface area contributed by atoms with E-state index in [1.807, 2.05) is 30.5 Å². The molecule has 5 nitrogen and oxygen atoms in total. The van der Waals surface area contributed by atoms with Gasteiger partial charge in [-0.25, -0.2) is 9.97 Å². The minimum absolute atomic E-state index is 0.590. The van der Waals surface area contributed by atoms with E-state index in [2.05, 4.69) is 65.4 Å². The van der Waals surface area contributed by atoms with Crippen molar-refractivity contribution in [1.82, 2.24) is 14.9 Å².